The molecule has 3 rings (SSSR count). The maximum Gasteiger partial charge on any atom is 0.167 e. The maximum atomic E-state index is 14.7. The summed E-state index contributed by atoms with van der Waals surface area (Å²) in [7, 11) is 0. The van der Waals surface area contributed by atoms with Gasteiger partial charge in [-0.3, -0.25) is 0 Å². The lowest BCUT2D eigenvalue weighted by Gasteiger charge is -2.12. The summed E-state index contributed by atoms with van der Waals surface area (Å²) in [5.74, 6) is -4.41. The van der Waals surface area contributed by atoms with Crippen molar-refractivity contribution in [2.45, 2.75) is 39.5 Å². The monoisotopic (exact) mass is 386 g/mol. The number of halogens is 4. The first-order chi connectivity index (χ1) is 13.5. The fraction of sp³-hybridized carbons (Fsp3) is 0.250. The van der Waals surface area contributed by atoms with E-state index in [0.29, 0.717) is 18.4 Å². The molecule has 0 fully saturated rings. The molecule has 4 heteroatoms. The standard InChI is InChI=1S/C24H22F4/c1-3-5-15-7-9-16(10-8-15)18-13-14-20(24(28)22(18)26)19-12-11-17(6-4-2)21(25)23(19)27/h7-14H,3-6H2,1-2H3. The lowest BCUT2D eigenvalue weighted by atomic mass is 9.96. The molecule has 0 N–H and O–H groups in total. The van der Waals surface area contributed by atoms with Gasteiger partial charge in [-0.2, -0.15) is 0 Å². The van der Waals surface area contributed by atoms with Crippen LogP contribution < -0.4 is 0 Å². The molecule has 0 aliphatic rings. The average molecular weight is 386 g/mol. The molecule has 3 aromatic rings. The summed E-state index contributed by atoms with van der Waals surface area (Å²) in [5.41, 5.74) is 1.41. The van der Waals surface area contributed by atoms with E-state index in [1.54, 1.807) is 12.1 Å². The molecule has 0 radical (unpaired) electrons. The Hall–Kier alpha value is -2.62. The molecule has 146 valence electrons. The normalized spacial score (nSPS) is 11.1. The van der Waals surface area contributed by atoms with Crippen molar-refractivity contribution in [2.75, 3.05) is 0 Å². The second-order valence-electron chi connectivity index (χ2n) is 6.89. The molecule has 0 aliphatic heterocycles. The molecule has 0 aliphatic carbocycles. The van der Waals surface area contributed by atoms with Gasteiger partial charge in [0, 0.05) is 16.7 Å². The summed E-state index contributed by atoms with van der Waals surface area (Å²) in [6.07, 6.45) is 2.95. The minimum Gasteiger partial charge on any atom is -0.203 e. The van der Waals surface area contributed by atoms with Crippen LogP contribution in [0.1, 0.15) is 37.8 Å². The van der Waals surface area contributed by atoms with Crippen LogP contribution in [0.5, 0.6) is 0 Å². The molecule has 0 aromatic heterocycles. The Balaban J connectivity index is 2.02. The molecule has 0 unspecified atom stereocenters. The highest BCUT2D eigenvalue weighted by Gasteiger charge is 2.21. The van der Waals surface area contributed by atoms with Crippen molar-refractivity contribution in [1.82, 2.24) is 0 Å². The van der Waals surface area contributed by atoms with E-state index in [1.807, 2.05) is 19.1 Å². The quantitative estimate of drug-likeness (QED) is 0.385. The molecule has 0 spiro atoms. The van der Waals surface area contributed by atoms with Gasteiger partial charge < -0.3 is 0 Å². The Bertz CT molecular complexity index is 975. The van der Waals surface area contributed by atoms with Crippen LogP contribution in [0, 0.1) is 23.3 Å². The SMILES string of the molecule is CCCc1ccc(-c2ccc(-c3ccc(CCC)c(F)c3F)c(F)c2F)cc1. The first-order valence-electron chi connectivity index (χ1n) is 9.52. The average Bonchev–Trinajstić information content (AvgIpc) is 2.69. The topological polar surface area (TPSA) is 0 Å². The number of rotatable bonds is 6. The summed E-state index contributed by atoms with van der Waals surface area (Å²) in [5, 5.41) is 0. The predicted molar refractivity (Wildman–Crippen MR) is 105 cm³/mol. The lowest BCUT2D eigenvalue weighted by molar-refractivity contribution is 0.495. The van der Waals surface area contributed by atoms with Crippen LogP contribution in [-0.4, -0.2) is 0 Å². The highest BCUT2D eigenvalue weighted by atomic mass is 19.2. The van der Waals surface area contributed by atoms with Crippen molar-refractivity contribution >= 4 is 0 Å². The van der Waals surface area contributed by atoms with Crippen molar-refractivity contribution in [3.63, 3.8) is 0 Å². The van der Waals surface area contributed by atoms with Crippen LogP contribution in [0.25, 0.3) is 22.3 Å². The van der Waals surface area contributed by atoms with E-state index in [9.17, 15) is 17.6 Å². The fourth-order valence-electron chi connectivity index (χ4n) is 3.38. The zero-order valence-corrected chi connectivity index (χ0v) is 16.0. The molecule has 0 amide bonds. The van der Waals surface area contributed by atoms with Gasteiger partial charge >= 0.3 is 0 Å². The zero-order valence-electron chi connectivity index (χ0n) is 16.0. The van der Waals surface area contributed by atoms with Crippen LogP contribution in [0.4, 0.5) is 17.6 Å². The van der Waals surface area contributed by atoms with E-state index in [2.05, 4.69) is 6.92 Å². The first kappa shape index (κ1) is 20.1. The zero-order chi connectivity index (χ0) is 20.3. The summed E-state index contributed by atoms with van der Waals surface area (Å²) in [4.78, 5) is 0. The molecule has 28 heavy (non-hydrogen) atoms. The van der Waals surface area contributed by atoms with Gasteiger partial charge in [0.15, 0.2) is 23.3 Å². The Labute approximate surface area is 162 Å². The fourth-order valence-corrected chi connectivity index (χ4v) is 3.38. The summed E-state index contributed by atoms with van der Waals surface area (Å²) in [6.45, 7) is 3.92. The van der Waals surface area contributed by atoms with E-state index in [0.717, 1.165) is 18.4 Å². The molecule has 0 nitrogen and oxygen atoms in total. The first-order valence-corrected chi connectivity index (χ1v) is 9.52. The second kappa shape index (κ2) is 8.59. The third-order valence-corrected chi connectivity index (χ3v) is 4.86. The van der Waals surface area contributed by atoms with E-state index in [4.69, 9.17) is 0 Å². The van der Waals surface area contributed by atoms with E-state index >= 15 is 0 Å². The van der Waals surface area contributed by atoms with Crippen LogP contribution in [0.3, 0.4) is 0 Å². The minimum absolute atomic E-state index is 0.0905. The molecular weight excluding hydrogens is 364 g/mol. The summed E-state index contributed by atoms with van der Waals surface area (Å²) < 4.78 is 58.1. The van der Waals surface area contributed by atoms with Gasteiger partial charge in [0.05, 0.1) is 0 Å². The van der Waals surface area contributed by atoms with Crippen molar-refractivity contribution in [1.29, 1.82) is 0 Å². The van der Waals surface area contributed by atoms with Gasteiger partial charge in [0.2, 0.25) is 0 Å². The van der Waals surface area contributed by atoms with E-state index in [1.165, 1.54) is 24.3 Å². The van der Waals surface area contributed by atoms with Crippen LogP contribution in [0.2, 0.25) is 0 Å². The highest BCUT2D eigenvalue weighted by Crippen LogP contribution is 2.34. The molecule has 0 atom stereocenters. The lowest BCUT2D eigenvalue weighted by Crippen LogP contribution is -2.00. The molecule has 0 saturated heterocycles. The van der Waals surface area contributed by atoms with Crippen molar-refractivity contribution in [3.8, 4) is 22.3 Å². The van der Waals surface area contributed by atoms with Gasteiger partial charge in [0.1, 0.15) is 0 Å². The minimum atomic E-state index is -1.18. The van der Waals surface area contributed by atoms with Crippen LogP contribution in [0.15, 0.2) is 48.5 Å². The highest BCUT2D eigenvalue weighted by molar-refractivity contribution is 5.72. The smallest absolute Gasteiger partial charge is 0.167 e. The molecule has 0 bridgehead atoms. The van der Waals surface area contributed by atoms with Crippen molar-refractivity contribution < 1.29 is 17.6 Å². The molecule has 0 saturated carbocycles. The van der Waals surface area contributed by atoms with Crippen molar-refractivity contribution in [2.24, 2.45) is 0 Å². The van der Waals surface area contributed by atoms with E-state index in [-0.39, 0.29) is 22.3 Å². The Kier molecular flexibility index (Phi) is 6.18. The number of benzene rings is 3. The molecule has 0 heterocycles. The van der Waals surface area contributed by atoms with E-state index < -0.39 is 23.3 Å². The van der Waals surface area contributed by atoms with Gasteiger partial charge in [-0.1, -0.05) is 75.2 Å². The molecular formula is C24H22F4. The number of aryl methyl sites for hydroxylation is 2. The Morgan fingerprint density at radius 2 is 1.04 bits per heavy atom. The van der Waals surface area contributed by atoms with Crippen LogP contribution in [-0.2, 0) is 12.8 Å². The number of hydrogen-bond donors (Lipinski definition) is 0. The van der Waals surface area contributed by atoms with Gasteiger partial charge in [0.25, 0.3) is 0 Å². The maximum absolute atomic E-state index is 14.7. The van der Waals surface area contributed by atoms with Gasteiger partial charge in [-0.05, 0) is 29.5 Å². The summed E-state index contributed by atoms with van der Waals surface area (Å²) in [6, 6.07) is 12.7. The third kappa shape index (κ3) is 3.82. The van der Waals surface area contributed by atoms with Crippen LogP contribution >= 0.6 is 0 Å². The summed E-state index contributed by atoms with van der Waals surface area (Å²) >= 11 is 0. The molecule has 3 aromatic carbocycles. The van der Waals surface area contributed by atoms with Crippen molar-refractivity contribution in [3.05, 3.63) is 82.9 Å². The Morgan fingerprint density at radius 1 is 0.536 bits per heavy atom. The van der Waals surface area contributed by atoms with Gasteiger partial charge in [-0.25, -0.2) is 17.6 Å². The predicted octanol–water partition coefficient (Wildman–Crippen LogP) is 7.48. The Morgan fingerprint density at radius 3 is 1.64 bits per heavy atom. The third-order valence-electron chi connectivity index (χ3n) is 4.86. The van der Waals surface area contributed by atoms with Gasteiger partial charge in [-0.15, -0.1) is 0 Å². The second-order valence-corrected chi connectivity index (χ2v) is 6.89. The largest absolute Gasteiger partial charge is 0.203 e. The number of hydrogen-bond acceptors (Lipinski definition) is 0.